The summed E-state index contributed by atoms with van der Waals surface area (Å²) in [7, 11) is 1.43. The minimum absolute atomic E-state index is 0.0567. The molecule has 3 heterocycles. The molecule has 0 bridgehead atoms. The number of hydrogen-bond acceptors (Lipinski definition) is 9. The Kier molecular flexibility index (Phi) is 7.65. The smallest absolute Gasteiger partial charge is 0.286 e. The summed E-state index contributed by atoms with van der Waals surface area (Å²) in [6.07, 6.45) is 3.27. The lowest BCUT2D eigenvalue weighted by molar-refractivity contribution is -0.385. The first-order chi connectivity index (χ1) is 16.5. The van der Waals surface area contributed by atoms with E-state index in [0.29, 0.717) is 5.69 Å². The maximum absolute atomic E-state index is 13.0. The van der Waals surface area contributed by atoms with Gasteiger partial charge in [0.2, 0.25) is 0 Å². The van der Waals surface area contributed by atoms with Crippen molar-refractivity contribution in [2.24, 2.45) is 0 Å². The van der Waals surface area contributed by atoms with Crippen molar-refractivity contribution < 1.29 is 19.2 Å². The van der Waals surface area contributed by atoms with E-state index in [4.69, 9.17) is 9.47 Å². The predicted octanol–water partition coefficient (Wildman–Crippen LogP) is 3.43. The molecule has 1 aliphatic rings. The fourth-order valence-corrected chi connectivity index (χ4v) is 4.38. The van der Waals surface area contributed by atoms with Gasteiger partial charge in [0.1, 0.15) is 12.2 Å². The van der Waals surface area contributed by atoms with Gasteiger partial charge in [0.25, 0.3) is 11.6 Å². The van der Waals surface area contributed by atoms with Gasteiger partial charge >= 0.3 is 0 Å². The zero-order valence-electron chi connectivity index (χ0n) is 18.7. The summed E-state index contributed by atoms with van der Waals surface area (Å²) < 4.78 is 11.0. The van der Waals surface area contributed by atoms with Gasteiger partial charge in [-0.25, -0.2) is 4.98 Å². The predicted molar refractivity (Wildman–Crippen MR) is 126 cm³/mol. The molecule has 10 nitrogen and oxygen atoms in total. The Morgan fingerprint density at radius 3 is 2.71 bits per heavy atom. The highest BCUT2D eigenvalue weighted by Crippen LogP contribution is 2.35. The maximum atomic E-state index is 13.0. The first-order valence-corrected chi connectivity index (χ1v) is 11.8. The molecular weight excluding hydrogens is 458 g/mol. The van der Waals surface area contributed by atoms with Gasteiger partial charge in [-0.05, 0) is 25.0 Å². The lowest BCUT2D eigenvalue weighted by Gasteiger charge is -2.32. The van der Waals surface area contributed by atoms with Crippen LogP contribution in [-0.4, -0.2) is 51.9 Å². The number of likely N-dealkylation sites (tertiary alicyclic amines) is 1. The first kappa shape index (κ1) is 23.6. The van der Waals surface area contributed by atoms with E-state index in [-0.39, 0.29) is 35.4 Å². The van der Waals surface area contributed by atoms with Crippen LogP contribution < -0.4 is 14.8 Å². The first-order valence-electron chi connectivity index (χ1n) is 10.8. The quantitative estimate of drug-likeness (QED) is 0.363. The summed E-state index contributed by atoms with van der Waals surface area (Å²) in [6.45, 7) is 2.50. The van der Waals surface area contributed by atoms with E-state index in [1.807, 2.05) is 23.6 Å². The van der Waals surface area contributed by atoms with Gasteiger partial charge < -0.3 is 14.8 Å². The minimum Gasteiger partial charge on any atom is -0.493 e. The van der Waals surface area contributed by atoms with Crippen LogP contribution >= 0.6 is 11.3 Å². The highest BCUT2D eigenvalue weighted by atomic mass is 32.1. The van der Waals surface area contributed by atoms with Gasteiger partial charge in [0, 0.05) is 43.3 Å². The lowest BCUT2D eigenvalue weighted by Crippen LogP contribution is -2.44. The average Bonchev–Trinajstić information content (AvgIpc) is 3.37. The van der Waals surface area contributed by atoms with E-state index in [1.165, 1.54) is 30.6 Å². The van der Waals surface area contributed by atoms with Crippen molar-refractivity contribution in [3.05, 3.63) is 74.5 Å². The number of benzene rings is 1. The molecule has 34 heavy (non-hydrogen) atoms. The molecule has 1 aromatic carbocycles. The van der Waals surface area contributed by atoms with Crippen molar-refractivity contribution in [3.63, 3.8) is 0 Å². The molecule has 2 aromatic heterocycles. The standard InChI is InChI=1S/C23H25N5O5S/c1-32-21-10-19(20(28(30)31)11-22(21)33-13-18-14-34-15-25-18)23(29)26-16-5-8-27(9-6-16)12-17-4-2-3-7-24-17/h2-4,7,10-11,14-16H,5-6,8-9,12-13H2,1H3,(H,26,29). The van der Waals surface area contributed by atoms with Crippen LogP contribution in [0.3, 0.4) is 0 Å². The highest BCUT2D eigenvalue weighted by molar-refractivity contribution is 7.07. The number of nitrogens with zero attached hydrogens (tertiary/aromatic N) is 4. The molecule has 0 radical (unpaired) electrons. The molecular formula is C23H25N5O5S. The van der Waals surface area contributed by atoms with E-state index in [0.717, 1.165) is 38.2 Å². The minimum atomic E-state index is -0.584. The van der Waals surface area contributed by atoms with Crippen LogP contribution in [0, 0.1) is 10.1 Å². The molecule has 1 amide bonds. The Morgan fingerprint density at radius 1 is 1.24 bits per heavy atom. The summed E-state index contributed by atoms with van der Waals surface area (Å²) in [5, 5.41) is 16.5. The topological polar surface area (TPSA) is 120 Å². The number of aromatic nitrogens is 2. The van der Waals surface area contributed by atoms with Crippen LogP contribution in [0.2, 0.25) is 0 Å². The molecule has 1 N–H and O–H groups in total. The van der Waals surface area contributed by atoms with Gasteiger partial charge in [-0.1, -0.05) is 6.07 Å². The van der Waals surface area contributed by atoms with Crippen molar-refractivity contribution in [2.45, 2.75) is 32.0 Å². The summed E-state index contributed by atoms with van der Waals surface area (Å²) in [6, 6.07) is 8.36. The van der Waals surface area contributed by atoms with Crippen molar-refractivity contribution in [1.82, 2.24) is 20.2 Å². The summed E-state index contributed by atoms with van der Waals surface area (Å²) in [5.41, 5.74) is 2.99. The van der Waals surface area contributed by atoms with Gasteiger partial charge in [-0.15, -0.1) is 11.3 Å². The van der Waals surface area contributed by atoms with Gasteiger partial charge in [-0.2, -0.15) is 0 Å². The van der Waals surface area contributed by atoms with E-state index >= 15 is 0 Å². The number of pyridine rings is 1. The SMILES string of the molecule is COc1cc(C(=O)NC2CCN(Cc3ccccn3)CC2)c([N+](=O)[O-])cc1OCc1cscn1. The Balaban J connectivity index is 1.41. The molecule has 3 aromatic rings. The van der Waals surface area contributed by atoms with E-state index in [2.05, 4.69) is 20.2 Å². The molecule has 11 heteroatoms. The third-order valence-corrected chi connectivity index (χ3v) is 6.25. The Labute approximate surface area is 200 Å². The maximum Gasteiger partial charge on any atom is 0.286 e. The largest absolute Gasteiger partial charge is 0.493 e. The number of rotatable bonds is 9. The normalized spacial score (nSPS) is 14.5. The second-order valence-electron chi connectivity index (χ2n) is 7.89. The van der Waals surface area contributed by atoms with Crippen LogP contribution in [0.4, 0.5) is 5.69 Å². The molecule has 1 fully saturated rings. The Morgan fingerprint density at radius 2 is 2.06 bits per heavy atom. The van der Waals surface area contributed by atoms with Crippen molar-refractivity contribution >= 4 is 22.9 Å². The zero-order chi connectivity index (χ0) is 23.9. The van der Waals surface area contributed by atoms with Crippen LogP contribution in [0.15, 0.2) is 47.4 Å². The summed E-state index contributed by atoms with van der Waals surface area (Å²) in [5.74, 6) is -0.0723. The molecule has 4 rings (SSSR count). The van der Waals surface area contributed by atoms with Gasteiger partial charge in [0.05, 0.1) is 35.0 Å². The number of nitrogens with one attached hydrogen (secondary N) is 1. The van der Waals surface area contributed by atoms with E-state index < -0.39 is 10.8 Å². The number of ether oxygens (including phenoxy) is 2. The molecule has 0 spiro atoms. The monoisotopic (exact) mass is 483 g/mol. The molecule has 178 valence electrons. The van der Waals surface area contributed by atoms with E-state index in [9.17, 15) is 14.9 Å². The third kappa shape index (κ3) is 5.86. The van der Waals surface area contributed by atoms with Gasteiger partial charge in [-0.3, -0.25) is 24.8 Å². The second-order valence-corrected chi connectivity index (χ2v) is 8.61. The molecule has 0 saturated carbocycles. The van der Waals surface area contributed by atoms with Gasteiger partial charge in [0.15, 0.2) is 11.5 Å². The highest BCUT2D eigenvalue weighted by Gasteiger charge is 2.28. The van der Waals surface area contributed by atoms with Crippen LogP contribution in [0.1, 0.15) is 34.6 Å². The average molecular weight is 484 g/mol. The number of carbonyl (C=O) groups is 1. The zero-order valence-corrected chi connectivity index (χ0v) is 19.5. The Hall–Kier alpha value is -3.57. The Bertz CT molecular complexity index is 1120. The van der Waals surface area contributed by atoms with Crippen molar-refractivity contribution in [2.75, 3.05) is 20.2 Å². The fraction of sp³-hybridized carbons (Fsp3) is 0.348. The number of piperidine rings is 1. The number of carbonyl (C=O) groups excluding carboxylic acids is 1. The number of methoxy groups -OCH3 is 1. The number of hydrogen-bond donors (Lipinski definition) is 1. The summed E-state index contributed by atoms with van der Waals surface area (Å²) >= 11 is 1.43. The van der Waals surface area contributed by atoms with Crippen molar-refractivity contribution in [1.29, 1.82) is 0 Å². The third-order valence-electron chi connectivity index (χ3n) is 5.62. The number of nitro groups is 1. The van der Waals surface area contributed by atoms with Crippen LogP contribution in [-0.2, 0) is 13.2 Å². The van der Waals surface area contributed by atoms with E-state index in [1.54, 1.807) is 11.7 Å². The summed E-state index contributed by atoms with van der Waals surface area (Å²) in [4.78, 5) is 34.9. The number of thiazole rings is 1. The van der Waals surface area contributed by atoms with Crippen LogP contribution in [0.5, 0.6) is 11.5 Å². The second kappa shape index (κ2) is 11.0. The van der Waals surface area contributed by atoms with Crippen LogP contribution in [0.25, 0.3) is 0 Å². The molecule has 0 unspecified atom stereocenters. The fourth-order valence-electron chi connectivity index (χ4n) is 3.83. The molecule has 0 atom stereocenters. The molecule has 0 aliphatic carbocycles. The lowest BCUT2D eigenvalue weighted by atomic mass is 10.0. The molecule has 1 aliphatic heterocycles. The molecule has 1 saturated heterocycles. The van der Waals surface area contributed by atoms with Crippen molar-refractivity contribution in [3.8, 4) is 11.5 Å². The number of amides is 1. The number of nitro benzene ring substituents is 1.